The van der Waals surface area contributed by atoms with Crippen molar-refractivity contribution < 1.29 is 9.59 Å². The van der Waals surface area contributed by atoms with Crippen LogP contribution < -0.4 is 0 Å². The quantitative estimate of drug-likeness (QED) is 0.529. The van der Waals surface area contributed by atoms with Crippen LogP contribution in [0.2, 0.25) is 0 Å². The molecule has 2 rings (SSSR count). The van der Waals surface area contributed by atoms with Crippen molar-refractivity contribution in [3.8, 4) is 6.07 Å². The Morgan fingerprint density at radius 1 is 1.28 bits per heavy atom. The summed E-state index contributed by atoms with van der Waals surface area (Å²) in [4.78, 5) is 26.8. The second-order valence-corrected chi connectivity index (χ2v) is 9.03. The third-order valence-corrected chi connectivity index (χ3v) is 6.82. The van der Waals surface area contributed by atoms with Gasteiger partial charge in [0.25, 0.3) is 0 Å². The number of nitriles is 1. The molecule has 134 valence electrons. The Kier molecular flexibility index (Phi) is 7.39. The lowest BCUT2D eigenvalue weighted by atomic mass is 9.97. The van der Waals surface area contributed by atoms with Gasteiger partial charge in [0.15, 0.2) is 0 Å². The molecule has 0 saturated carbocycles. The van der Waals surface area contributed by atoms with Gasteiger partial charge in [-0.3, -0.25) is 9.59 Å². The minimum atomic E-state index is -0.555. The maximum absolute atomic E-state index is 13.1. The number of Topliss-reactive ketones (excluding diaryl/α,β-unsaturated/α-hetero) is 1. The molecule has 0 spiro atoms. The van der Waals surface area contributed by atoms with Crippen LogP contribution in [0.1, 0.15) is 38.7 Å². The summed E-state index contributed by atoms with van der Waals surface area (Å²) >= 11 is 0. The van der Waals surface area contributed by atoms with Gasteiger partial charge in [0, 0.05) is 6.54 Å². The number of hydrogen-bond acceptors (Lipinski definition) is 3. The molecule has 0 aliphatic carbocycles. The molecule has 1 aliphatic rings. The van der Waals surface area contributed by atoms with E-state index >= 15 is 0 Å². The number of ketones is 1. The van der Waals surface area contributed by atoms with Crippen LogP contribution in [0.3, 0.4) is 0 Å². The summed E-state index contributed by atoms with van der Waals surface area (Å²) in [5.74, 6) is 1.98. The number of rotatable bonds is 8. The summed E-state index contributed by atoms with van der Waals surface area (Å²) in [5, 5.41) is 9.58. The topological polar surface area (TPSA) is 61.2 Å². The summed E-state index contributed by atoms with van der Waals surface area (Å²) in [7, 11) is -0.232. The number of nitrogens with zero attached hydrogens (tertiary/aromatic N) is 2. The average Bonchev–Trinajstić information content (AvgIpc) is 3.13. The van der Waals surface area contributed by atoms with Crippen molar-refractivity contribution in [2.24, 2.45) is 5.92 Å². The first kappa shape index (κ1) is 19.4. The lowest BCUT2D eigenvalue weighted by Crippen LogP contribution is -2.43. The van der Waals surface area contributed by atoms with E-state index in [0.29, 0.717) is 17.8 Å². The van der Waals surface area contributed by atoms with Crippen LogP contribution in [0.25, 0.3) is 0 Å². The molecule has 1 aliphatic heterocycles. The maximum Gasteiger partial charge on any atom is 0.210 e. The van der Waals surface area contributed by atoms with Crippen molar-refractivity contribution in [2.45, 2.75) is 45.7 Å². The molecular formula is C20H26N2O2S. The molecule has 1 aromatic rings. The summed E-state index contributed by atoms with van der Waals surface area (Å²) in [6, 6.07) is 11.3. The van der Waals surface area contributed by atoms with Gasteiger partial charge in [-0.2, -0.15) is 15.7 Å². The number of carbonyl (C=O) groups excluding carboxylic acids is 2. The Morgan fingerprint density at radius 3 is 2.44 bits per heavy atom. The van der Waals surface area contributed by atoms with Crippen molar-refractivity contribution in [3.63, 3.8) is 0 Å². The Balaban J connectivity index is 2.30. The standard InChI is InChI=1S/C20H26N2O2S/c1-16(2)12-18(20(24)19(13-21)25-10-6-7-11-25)22(15-23)14-17-8-4-3-5-9-17/h3-5,8-9,15-16,18H,6-7,10-12,14H2,1-2H3. The predicted octanol–water partition coefficient (Wildman–Crippen LogP) is 3.39. The van der Waals surface area contributed by atoms with Crippen LogP contribution in [0.15, 0.2) is 30.3 Å². The molecule has 1 amide bonds. The third-order valence-electron chi connectivity index (χ3n) is 4.39. The van der Waals surface area contributed by atoms with E-state index in [-0.39, 0.29) is 22.2 Å². The van der Waals surface area contributed by atoms with Gasteiger partial charge >= 0.3 is 0 Å². The highest BCUT2D eigenvalue weighted by Crippen LogP contribution is 2.28. The highest BCUT2D eigenvalue weighted by Gasteiger charge is 2.30. The molecule has 0 bridgehead atoms. The Hall–Kier alpha value is -1.93. The van der Waals surface area contributed by atoms with E-state index in [9.17, 15) is 14.9 Å². The normalized spacial score (nSPS) is 15.6. The monoisotopic (exact) mass is 358 g/mol. The molecule has 4 nitrogen and oxygen atoms in total. The molecule has 1 heterocycles. The first-order valence-electron chi connectivity index (χ1n) is 8.80. The van der Waals surface area contributed by atoms with Crippen LogP contribution in [-0.2, 0) is 16.1 Å². The summed E-state index contributed by atoms with van der Waals surface area (Å²) in [6.07, 6.45) is 3.49. The van der Waals surface area contributed by atoms with E-state index in [1.54, 1.807) is 4.90 Å². The van der Waals surface area contributed by atoms with E-state index in [0.717, 1.165) is 36.3 Å². The molecule has 1 unspecified atom stereocenters. The van der Waals surface area contributed by atoms with Crippen molar-refractivity contribution in [2.75, 3.05) is 11.5 Å². The summed E-state index contributed by atoms with van der Waals surface area (Å²) < 4.78 is 0. The van der Waals surface area contributed by atoms with Gasteiger partial charge in [0.05, 0.1) is 6.04 Å². The maximum atomic E-state index is 13.1. The average molecular weight is 359 g/mol. The van der Waals surface area contributed by atoms with Crippen molar-refractivity contribution in [1.82, 2.24) is 4.90 Å². The molecule has 1 atom stereocenters. The van der Waals surface area contributed by atoms with E-state index in [1.807, 2.05) is 44.2 Å². The minimum absolute atomic E-state index is 0.149. The Bertz CT molecular complexity index is 669. The van der Waals surface area contributed by atoms with Gasteiger partial charge in [-0.15, -0.1) is 0 Å². The highest BCUT2D eigenvalue weighted by molar-refractivity contribution is 8.17. The van der Waals surface area contributed by atoms with E-state index in [4.69, 9.17) is 0 Å². The number of carbonyl (C=O) groups is 2. The Labute approximate surface area is 152 Å². The first-order valence-corrected chi connectivity index (χ1v) is 10.4. The number of amides is 1. The zero-order valence-electron chi connectivity index (χ0n) is 15.0. The van der Waals surface area contributed by atoms with Gasteiger partial charge in [-0.1, -0.05) is 44.2 Å². The van der Waals surface area contributed by atoms with Crippen LogP contribution in [0.5, 0.6) is 0 Å². The smallest absolute Gasteiger partial charge is 0.210 e. The summed E-state index contributed by atoms with van der Waals surface area (Å²) in [6.45, 7) is 4.46. The van der Waals surface area contributed by atoms with Crippen molar-refractivity contribution >= 4 is 27.5 Å². The second kappa shape index (κ2) is 9.53. The molecule has 1 fully saturated rings. The van der Waals surface area contributed by atoms with Gasteiger partial charge in [-0.05, 0) is 42.2 Å². The van der Waals surface area contributed by atoms with Crippen molar-refractivity contribution in [3.05, 3.63) is 35.9 Å². The van der Waals surface area contributed by atoms with Crippen LogP contribution in [0.4, 0.5) is 0 Å². The lowest BCUT2D eigenvalue weighted by molar-refractivity contribution is -0.128. The molecule has 0 radical (unpaired) electrons. The predicted molar refractivity (Wildman–Crippen MR) is 103 cm³/mol. The molecule has 1 aromatic carbocycles. The molecule has 0 aromatic heterocycles. The van der Waals surface area contributed by atoms with E-state index in [1.165, 1.54) is 0 Å². The second-order valence-electron chi connectivity index (χ2n) is 6.82. The third kappa shape index (κ3) is 5.27. The molecular weight excluding hydrogens is 332 g/mol. The number of benzene rings is 1. The largest absolute Gasteiger partial charge is 0.330 e. The first-order chi connectivity index (χ1) is 12.1. The van der Waals surface area contributed by atoms with Gasteiger partial charge < -0.3 is 4.90 Å². The van der Waals surface area contributed by atoms with E-state index in [2.05, 4.69) is 6.07 Å². The van der Waals surface area contributed by atoms with E-state index < -0.39 is 6.04 Å². The lowest BCUT2D eigenvalue weighted by Gasteiger charge is -2.29. The van der Waals surface area contributed by atoms with Gasteiger partial charge in [0.1, 0.15) is 10.9 Å². The SMILES string of the molecule is CC(C)CC(C(=O)C(C#N)=S1CCCC1)N(C=O)Cc1ccccc1. The zero-order valence-corrected chi connectivity index (χ0v) is 15.8. The fraction of sp³-hybridized carbons (Fsp3) is 0.500. The molecule has 1 saturated heterocycles. The highest BCUT2D eigenvalue weighted by atomic mass is 32.2. The molecule has 5 heteroatoms. The molecule has 25 heavy (non-hydrogen) atoms. The summed E-state index contributed by atoms with van der Waals surface area (Å²) in [5.41, 5.74) is 0.984. The van der Waals surface area contributed by atoms with Gasteiger partial charge in [-0.25, -0.2) is 0 Å². The van der Waals surface area contributed by atoms with Crippen LogP contribution >= 0.6 is 10.5 Å². The fourth-order valence-corrected chi connectivity index (χ4v) is 5.39. The van der Waals surface area contributed by atoms with Crippen LogP contribution in [0, 0.1) is 17.2 Å². The van der Waals surface area contributed by atoms with Crippen LogP contribution in [-0.4, -0.2) is 39.5 Å². The number of hydrogen-bond donors (Lipinski definition) is 0. The Morgan fingerprint density at radius 2 is 1.92 bits per heavy atom. The fourth-order valence-electron chi connectivity index (χ4n) is 3.13. The van der Waals surface area contributed by atoms with Gasteiger partial charge in [0.2, 0.25) is 12.2 Å². The minimum Gasteiger partial charge on any atom is -0.330 e. The molecule has 0 N–H and O–H groups in total. The zero-order chi connectivity index (χ0) is 18.2. The van der Waals surface area contributed by atoms with Crippen molar-refractivity contribution in [1.29, 1.82) is 5.26 Å².